The van der Waals surface area contributed by atoms with Gasteiger partial charge in [-0.15, -0.1) is 0 Å². The number of nitrogens with zero attached hydrogens (tertiary/aromatic N) is 3. The molecule has 0 saturated carbocycles. The monoisotopic (exact) mass is 345 g/mol. The number of carbonyl (C=O) groups excluding carboxylic acids is 3. The second kappa shape index (κ2) is 6.13. The molecule has 0 atom stereocenters. The molecule has 7 heteroatoms. The second-order valence-electron chi connectivity index (χ2n) is 6.85. The van der Waals surface area contributed by atoms with Gasteiger partial charge in [-0.2, -0.15) is 0 Å². The van der Waals surface area contributed by atoms with E-state index in [1.165, 1.54) is 15.9 Å². The first-order valence-electron chi connectivity index (χ1n) is 8.74. The summed E-state index contributed by atoms with van der Waals surface area (Å²) in [6, 6.07) is 2.91. The Bertz CT molecular complexity index is 758. The van der Waals surface area contributed by atoms with Crippen LogP contribution in [0.4, 0.5) is 10.1 Å². The van der Waals surface area contributed by atoms with E-state index in [0.717, 1.165) is 32.4 Å². The number of hydrogen-bond acceptors (Lipinski definition) is 3. The molecule has 1 aromatic carbocycles. The van der Waals surface area contributed by atoms with Crippen LogP contribution in [-0.2, 0) is 16.1 Å². The van der Waals surface area contributed by atoms with Crippen LogP contribution < -0.4 is 4.90 Å². The topological polar surface area (TPSA) is 60.9 Å². The highest BCUT2D eigenvalue weighted by Gasteiger charge is 2.34. The molecule has 6 nitrogen and oxygen atoms in total. The van der Waals surface area contributed by atoms with E-state index in [0.29, 0.717) is 24.2 Å². The molecule has 0 spiro atoms. The third-order valence-electron chi connectivity index (χ3n) is 5.22. The van der Waals surface area contributed by atoms with E-state index in [4.69, 9.17) is 0 Å². The fraction of sp³-hybridized carbons (Fsp3) is 0.500. The largest absolute Gasteiger partial charge is 0.341 e. The Balaban J connectivity index is 1.55. The number of halogens is 1. The lowest BCUT2D eigenvalue weighted by Gasteiger charge is -2.20. The van der Waals surface area contributed by atoms with Crippen molar-refractivity contribution in [2.75, 3.05) is 31.1 Å². The van der Waals surface area contributed by atoms with Gasteiger partial charge in [-0.25, -0.2) is 4.39 Å². The summed E-state index contributed by atoms with van der Waals surface area (Å²) < 4.78 is 14.5. The Hall–Kier alpha value is -2.44. The highest BCUT2D eigenvalue weighted by Crippen LogP contribution is 2.32. The lowest BCUT2D eigenvalue weighted by atomic mass is 10.1. The highest BCUT2D eigenvalue weighted by atomic mass is 19.1. The molecule has 25 heavy (non-hydrogen) atoms. The maximum absolute atomic E-state index is 14.5. The van der Waals surface area contributed by atoms with Crippen LogP contribution in [0.2, 0.25) is 0 Å². The predicted molar refractivity (Wildman–Crippen MR) is 88.5 cm³/mol. The summed E-state index contributed by atoms with van der Waals surface area (Å²) in [5.74, 6) is -0.966. The van der Waals surface area contributed by atoms with E-state index >= 15 is 0 Å². The van der Waals surface area contributed by atoms with Crippen LogP contribution in [0.25, 0.3) is 0 Å². The summed E-state index contributed by atoms with van der Waals surface area (Å²) in [5, 5.41) is 0. The molecule has 0 radical (unpaired) electrons. The average molecular weight is 345 g/mol. The summed E-state index contributed by atoms with van der Waals surface area (Å²) in [6.07, 6.45) is 3.16. The van der Waals surface area contributed by atoms with Crippen molar-refractivity contribution in [3.05, 3.63) is 29.1 Å². The second-order valence-corrected chi connectivity index (χ2v) is 6.85. The number of fused-ring (bicyclic) bond motifs is 1. The molecular weight excluding hydrogens is 325 g/mol. The van der Waals surface area contributed by atoms with Gasteiger partial charge in [0, 0.05) is 42.9 Å². The van der Waals surface area contributed by atoms with Gasteiger partial charge in [-0.3, -0.25) is 14.4 Å². The number of amides is 3. The van der Waals surface area contributed by atoms with Gasteiger partial charge in [0.05, 0.1) is 6.54 Å². The maximum Gasteiger partial charge on any atom is 0.255 e. The van der Waals surface area contributed by atoms with Crippen molar-refractivity contribution in [2.45, 2.75) is 32.2 Å². The van der Waals surface area contributed by atoms with Crippen LogP contribution in [-0.4, -0.2) is 53.7 Å². The molecule has 3 heterocycles. The van der Waals surface area contributed by atoms with Gasteiger partial charge < -0.3 is 14.7 Å². The van der Waals surface area contributed by atoms with E-state index in [2.05, 4.69) is 0 Å². The number of likely N-dealkylation sites (tertiary alicyclic amines) is 1. The molecular formula is C18H20FN3O3. The first kappa shape index (κ1) is 16.1. The lowest BCUT2D eigenvalue weighted by molar-refractivity contribution is -0.130. The van der Waals surface area contributed by atoms with Crippen LogP contribution in [0.15, 0.2) is 12.1 Å². The summed E-state index contributed by atoms with van der Waals surface area (Å²) in [4.78, 5) is 41.5. The number of benzene rings is 1. The van der Waals surface area contributed by atoms with Gasteiger partial charge >= 0.3 is 0 Å². The minimum absolute atomic E-state index is 0.0229. The first-order chi connectivity index (χ1) is 12.0. The van der Waals surface area contributed by atoms with Gasteiger partial charge in [0.2, 0.25) is 11.8 Å². The van der Waals surface area contributed by atoms with Crippen LogP contribution in [0, 0.1) is 5.82 Å². The number of carbonyl (C=O) groups is 3. The van der Waals surface area contributed by atoms with Crippen molar-refractivity contribution in [1.82, 2.24) is 9.80 Å². The van der Waals surface area contributed by atoms with Crippen molar-refractivity contribution in [1.29, 1.82) is 0 Å². The van der Waals surface area contributed by atoms with Crippen molar-refractivity contribution < 1.29 is 18.8 Å². The fourth-order valence-corrected chi connectivity index (χ4v) is 3.84. The predicted octanol–water partition coefficient (Wildman–Crippen LogP) is 1.53. The van der Waals surface area contributed by atoms with Crippen LogP contribution >= 0.6 is 0 Å². The Morgan fingerprint density at radius 2 is 1.84 bits per heavy atom. The molecule has 3 aliphatic heterocycles. The van der Waals surface area contributed by atoms with Gasteiger partial charge in [0.15, 0.2) is 0 Å². The Morgan fingerprint density at radius 1 is 1.08 bits per heavy atom. The number of rotatable bonds is 3. The molecule has 3 amide bonds. The normalized spacial score (nSPS) is 20.0. The van der Waals surface area contributed by atoms with Crippen molar-refractivity contribution in [2.24, 2.45) is 0 Å². The lowest BCUT2D eigenvalue weighted by Crippen LogP contribution is -2.39. The summed E-state index contributed by atoms with van der Waals surface area (Å²) in [7, 11) is 0. The van der Waals surface area contributed by atoms with Crippen molar-refractivity contribution in [3.8, 4) is 0 Å². The zero-order valence-electron chi connectivity index (χ0n) is 14.0. The van der Waals surface area contributed by atoms with E-state index in [1.807, 2.05) is 0 Å². The van der Waals surface area contributed by atoms with Crippen LogP contribution in [0.3, 0.4) is 0 Å². The smallest absolute Gasteiger partial charge is 0.255 e. The fourth-order valence-electron chi connectivity index (χ4n) is 3.84. The average Bonchev–Trinajstić information content (AvgIpc) is 3.30. The highest BCUT2D eigenvalue weighted by molar-refractivity contribution is 6.03. The number of hydrogen-bond donors (Lipinski definition) is 0. The molecule has 3 aliphatic rings. The Morgan fingerprint density at radius 3 is 2.52 bits per heavy atom. The van der Waals surface area contributed by atoms with E-state index in [1.54, 1.807) is 11.0 Å². The van der Waals surface area contributed by atoms with Crippen LogP contribution in [0.1, 0.15) is 41.6 Å². The summed E-state index contributed by atoms with van der Waals surface area (Å²) in [5.41, 5.74) is 1.01. The van der Waals surface area contributed by atoms with Crippen LogP contribution in [0.5, 0.6) is 0 Å². The van der Waals surface area contributed by atoms with Gasteiger partial charge in [0.1, 0.15) is 12.4 Å². The molecule has 2 saturated heterocycles. The molecule has 4 rings (SSSR count). The van der Waals surface area contributed by atoms with Gasteiger partial charge in [0.25, 0.3) is 5.91 Å². The minimum Gasteiger partial charge on any atom is -0.341 e. The zero-order valence-corrected chi connectivity index (χ0v) is 14.0. The Labute approximate surface area is 145 Å². The molecule has 132 valence electrons. The summed E-state index contributed by atoms with van der Waals surface area (Å²) >= 11 is 0. The third kappa shape index (κ3) is 2.77. The molecule has 1 aromatic rings. The SMILES string of the molecule is O=C(CN1Cc2c(F)cc(N3CCCC3=O)cc2C1=O)N1CCCC1. The third-order valence-corrected chi connectivity index (χ3v) is 5.22. The molecule has 0 bridgehead atoms. The van der Waals surface area contributed by atoms with E-state index in [9.17, 15) is 18.8 Å². The van der Waals surface area contributed by atoms with E-state index in [-0.39, 0.29) is 36.4 Å². The quantitative estimate of drug-likeness (QED) is 0.835. The molecule has 0 aliphatic carbocycles. The molecule has 0 N–H and O–H groups in total. The molecule has 2 fully saturated rings. The van der Waals surface area contributed by atoms with Crippen molar-refractivity contribution >= 4 is 23.4 Å². The molecule has 0 aromatic heterocycles. The number of anilines is 1. The minimum atomic E-state index is -0.489. The first-order valence-corrected chi connectivity index (χ1v) is 8.74. The molecule has 0 unspecified atom stereocenters. The van der Waals surface area contributed by atoms with Gasteiger partial charge in [-0.05, 0) is 31.4 Å². The van der Waals surface area contributed by atoms with E-state index < -0.39 is 5.82 Å². The standard InChI is InChI=1S/C18H20FN3O3/c19-15-9-12(22-7-3-4-16(22)23)8-13-14(15)10-21(18(13)25)11-17(24)20-5-1-2-6-20/h8-9H,1-7,10-11H2. The Kier molecular flexibility index (Phi) is 3.94. The summed E-state index contributed by atoms with van der Waals surface area (Å²) in [6.45, 7) is 2.08. The van der Waals surface area contributed by atoms with Gasteiger partial charge in [-0.1, -0.05) is 0 Å². The zero-order chi connectivity index (χ0) is 17.6. The van der Waals surface area contributed by atoms with Crippen molar-refractivity contribution in [3.63, 3.8) is 0 Å². The maximum atomic E-state index is 14.5.